The van der Waals surface area contributed by atoms with E-state index in [-0.39, 0.29) is 11.9 Å². The minimum Gasteiger partial charge on any atom is -0.328 e. The van der Waals surface area contributed by atoms with Crippen molar-refractivity contribution < 1.29 is 4.39 Å². The standard InChI is InChI=1S/C12H13FN2/c1-8(14)5-10-7-11(13)6-9-3-2-4-15-12(9)10/h2-4,6-8H,5,14H2,1H3. The van der Waals surface area contributed by atoms with Crippen molar-refractivity contribution in [1.82, 2.24) is 4.98 Å². The molecule has 2 rings (SSSR count). The monoisotopic (exact) mass is 204 g/mol. The summed E-state index contributed by atoms with van der Waals surface area (Å²) in [4.78, 5) is 4.25. The summed E-state index contributed by atoms with van der Waals surface area (Å²) in [5, 5.41) is 0.827. The topological polar surface area (TPSA) is 38.9 Å². The number of halogens is 1. The summed E-state index contributed by atoms with van der Waals surface area (Å²) in [6, 6.07) is 6.68. The lowest BCUT2D eigenvalue weighted by Crippen LogP contribution is -2.18. The minimum absolute atomic E-state index is 0.0111. The first-order valence-corrected chi connectivity index (χ1v) is 4.95. The summed E-state index contributed by atoms with van der Waals surface area (Å²) >= 11 is 0. The van der Waals surface area contributed by atoms with E-state index in [1.54, 1.807) is 12.3 Å². The van der Waals surface area contributed by atoms with Crippen LogP contribution in [-0.4, -0.2) is 11.0 Å². The predicted octanol–water partition coefficient (Wildman–Crippen LogP) is 2.26. The van der Waals surface area contributed by atoms with Gasteiger partial charge in [-0.25, -0.2) is 4.39 Å². The highest BCUT2D eigenvalue weighted by molar-refractivity contribution is 5.81. The summed E-state index contributed by atoms with van der Waals surface area (Å²) in [7, 11) is 0. The zero-order valence-corrected chi connectivity index (χ0v) is 8.57. The van der Waals surface area contributed by atoms with Gasteiger partial charge in [0.15, 0.2) is 0 Å². The van der Waals surface area contributed by atoms with E-state index < -0.39 is 0 Å². The summed E-state index contributed by atoms with van der Waals surface area (Å²) < 4.78 is 13.3. The van der Waals surface area contributed by atoms with Crippen LogP contribution < -0.4 is 5.73 Å². The van der Waals surface area contributed by atoms with Gasteiger partial charge >= 0.3 is 0 Å². The number of fused-ring (bicyclic) bond motifs is 1. The van der Waals surface area contributed by atoms with Gasteiger partial charge in [0.2, 0.25) is 0 Å². The van der Waals surface area contributed by atoms with Crippen LogP contribution in [-0.2, 0) is 6.42 Å². The van der Waals surface area contributed by atoms with E-state index in [4.69, 9.17) is 5.73 Å². The molecule has 15 heavy (non-hydrogen) atoms. The summed E-state index contributed by atoms with van der Waals surface area (Å²) in [6.45, 7) is 1.90. The van der Waals surface area contributed by atoms with Gasteiger partial charge in [-0.15, -0.1) is 0 Å². The molecule has 0 bridgehead atoms. The maximum absolute atomic E-state index is 13.3. The van der Waals surface area contributed by atoms with Crippen molar-refractivity contribution in [3.05, 3.63) is 41.8 Å². The summed E-state index contributed by atoms with van der Waals surface area (Å²) in [5.41, 5.74) is 7.43. The van der Waals surface area contributed by atoms with Crippen molar-refractivity contribution in [2.24, 2.45) is 5.73 Å². The van der Waals surface area contributed by atoms with Crippen molar-refractivity contribution in [3.63, 3.8) is 0 Å². The van der Waals surface area contributed by atoms with Gasteiger partial charge in [0.05, 0.1) is 5.52 Å². The maximum atomic E-state index is 13.3. The number of rotatable bonds is 2. The van der Waals surface area contributed by atoms with E-state index in [1.807, 2.05) is 13.0 Å². The molecule has 0 radical (unpaired) electrons. The van der Waals surface area contributed by atoms with Crippen LogP contribution in [0.3, 0.4) is 0 Å². The number of aromatic nitrogens is 1. The second-order valence-corrected chi connectivity index (χ2v) is 3.82. The maximum Gasteiger partial charge on any atom is 0.124 e. The van der Waals surface area contributed by atoms with Gasteiger partial charge < -0.3 is 5.73 Å². The number of hydrogen-bond acceptors (Lipinski definition) is 2. The highest BCUT2D eigenvalue weighted by Gasteiger charge is 2.06. The zero-order valence-electron chi connectivity index (χ0n) is 8.57. The molecule has 1 unspecified atom stereocenters. The number of pyridine rings is 1. The first-order valence-electron chi connectivity index (χ1n) is 4.95. The number of benzene rings is 1. The Morgan fingerprint density at radius 3 is 3.00 bits per heavy atom. The lowest BCUT2D eigenvalue weighted by atomic mass is 10.0. The van der Waals surface area contributed by atoms with E-state index in [1.165, 1.54) is 12.1 Å². The van der Waals surface area contributed by atoms with Crippen LogP contribution in [0, 0.1) is 5.82 Å². The molecule has 3 heteroatoms. The Hall–Kier alpha value is -1.48. The van der Waals surface area contributed by atoms with Crippen molar-refractivity contribution in [3.8, 4) is 0 Å². The summed E-state index contributed by atoms with van der Waals surface area (Å²) in [5.74, 6) is -0.230. The Bertz CT molecular complexity index is 480. The van der Waals surface area contributed by atoms with Gasteiger partial charge in [-0.2, -0.15) is 0 Å². The molecule has 0 spiro atoms. The van der Waals surface area contributed by atoms with E-state index in [0.717, 1.165) is 16.5 Å². The van der Waals surface area contributed by atoms with Crippen LogP contribution in [0.15, 0.2) is 30.5 Å². The highest BCUT2D eigenvalue weighted by atomic mass is 19.1. The summed E-state index contributed by atoms with van der Waals surface area (Å²) in [6.07, 6.45) is 2.36. The molecule has 0 fully saturated rings. The molecule has 0 amide bonds. The highest BCUT2D eigenvalue weighted by Crippen LogP contribution is 2.19. The first-order chi connectivity index (χ1) is 7.16. The first kappa shape index (κ1) is 10.1. The Kier molecular flexibility index (Phi) is 2.64. The smallest absolute Gasteiger partial charge is 0.124 e. The molecule has 1 aromatic heterocycles. The number of nitrogens with zero attached hydrogens (tertiary/aromatic N) is 1. The number of hydrogen-bond donors (Lipinski definition) is 1. The average Bonchev–Trinajstić information content (AvgIpc) is 2.16. The van der Waals surface area contributed by atoms with Crippen LogP contribution in [0.4, 0.5) is 4.39 Å². The van der Waals surface area contributed by atoms with E-state index in [2.05, 4.69) is 4.98 Å². The van der Waals surface area contributed by atoms with Gasteiger partial charge in [-0.1, -0.05) is 6.07 Å². The van der Waals surface area contributed by atoms with E-state index in [9.17, 15) is 4.39 Å². The molecule has 0 aliphatic carbocycles. The molecule has 2 N–H and O–H groups in total. The molecule has 2 aromatic rings. The Morgan fingerprint density at radius 2 is 2.27 bits per heavy atom. The van der Waals surface area contributed by atoms with Crippen LogP contribution in [0.1, 0.15) is 12.5 Å². The van der Waals surface area contributed by atoms with E-state index in [0.29, 0.717) is 6.42 Å². The number of nitrogens with two attached hydrogens (primary N) is 1. The van der Waals surface area contributed by atoms with Gasteiger partial charge in [-0.05, 0) is 37.1 Å². The largest absolute Gasteiger partial charge is 0.328 e. The lowest BCUT2D eigenvalue weighted by Gasteiger charge is -2.08. The minimum atomic E-state index is -0.230. The van der Waals surface area contributed by atoms with Crippen molar-refractivity contribution in [1.29, 1.82) is 0 Å². The fourth-order valence-electron chi connectivity index (χ4n) is 1.73. The fourth-order valence-corrected chi connectivity index (χ4v) is 1.73. The second kappa shape index (κ2) is 3.95. The molecule has 0 aliphatic rings. The van der Waals surface area contributed by atoms with Crippen molar-refractivity contribution in [2.75, 3.05) is 0 Å². The second-order valence-electron chi connectivity index (χ2n) is 3.82. The van der Waals surface area contributed by atoms with Crippen LogP contribution in [0.5, 0.6) is 0 Å². The molecule has 1 heterocycles. The normalized spacial score (nSPS) is 13.0. The average molecular weight is 204 g/mol. The third-order valence-corrected chi connectivity index (χ3v) is 2.29. The van der Waals surface area contributed by atoms with Gasteiger partial charge in [0, 0.05) is 17.6 Å². The van der Waals surface area contributed by atoms with Crippen LogP contribution in [0.2, 0.25) is 0 Å². The Balaban J connectivity index is 2.60. The van der Waals surface area contributed by atoms with Crippen LogP contribution in [0.25, 0.3) is 10.9 Å². The van der Waals surface area contributed by atoms with E-state index >= 15 is 0 Å². The Labute approximate surface area is 87.9 Å². The van der Waals surface area contributed by atoms with Crippen LogP contribution >= 0.6 is 0 Å². The van der Waals surface area contributed by atoms with Gasteiger partial charge in [0.1, 0.15) is 5.82 Å². The predicted molar refractivity (Wildman–Crippen MR) is 59.1 cm³/mol. The molecule has 1 atom stereocenters. The SMILES string of the molecule is CC(N)Cc1cc(F)cc2cccnc12. The third-order valence-electron chi connectivity index (χ3n) is 2.29. The molecule has 0 saturated heterocycles. The fraction of sp³-hybridized carbons (Fsp3) is 0.250. The molecular weight excluding hydrogens is 191 g/mol. The zero-order chi connectivity index (χ0) is 10.8. The van der Waals surface area contributed by atoms with Gasteiger partial charge in [-0.3, -0.25) is 4.98 Å². The molecule has 78 valence electrons. The Morgan fingerprint density at radius 1 is 1.47 bits per heavy atom. The van der Waals surface area contributed by atoms with Crippen molar-refractivity contribution in [2.45, 2.75) is 19.4 Å². The molecule has 2 nitrogen and oxygen atoms in total. The molecule has 0 aliphatic heterocycles. The molecular formula is C12H13FN2. The van der Waals surface area contributed by atoms with Gasteiger partial charge in [0.25, 0.3) is 0 Å². The molecule has 1 aromatic carbocycles. The van der Waals surface area contributed by atoms with Crippen molar-refractivity contribution >= 4 is 10.9 Å². The third kappa shape index (κ3) is 2.13. The quantitative estimate of drug-likeness (QED) is 0.815. The lowest BCUT2D eigenvalue weighted by molar-refractivity contribution is 0.625. The molecule has 0 saturated carbocycles.